The maximum Gasteiger partial charge on any atom is 0.412 e. The Morgan fingerprint density at radius 2 is 1.73 bits per heavy atom. The van der Waals surface area contributed by atoms with Crippen molar-refractivity contribution in [3.63, 3.8) is 0 Å². The quantitative estimate of drug-likeness (QED) is 0.295. The van der Waals surface area contributed by atoms with Gasteiger partial charge in [0.1, 0.15) is 28.6 Å². The number of phenolic OH excluding ortho intramolecular Hbond substituents is 1. The Balaban J connectivity index is 1.65. The number of phenols is 1. The highest BCUT2D eigenvalue weighted by atomic mass is 16.5. The summed E-state index contributed by atoms with van der Waals surface area (Å²) in [5.74, 6) is -6.75. The van der Waals surface area contributed by atoms with Crippen LogP contribution >= 0.6 is 0 Å². The van der Waals surface area contributed by atoms with Crippen molar-refractivity contribution < 1.29 is 44.3 Å². The molecule has 7 N–H and O–H groups in total. The van der Waals surface area contributed by atoms with E-state index in [2.05, 4.69) is 5.32 Å². The molecule has 2 aromatic carbocycles. The second-order valence-corrected chi connectivity index (χ2v) is 10.6. The molecule has 2 aromatic rings. The third kappa shape index (κ3) is 4.06. The summed E-state index contributed by atoms with van der Waals surface area (Å²) in [4.78, 5) is 52.3. The van der Waals surface area contributed by atoms with Crippen LogP contribution in [0.1, 0.15) is 17.5 Å². The molecule has 12 heteroatoms. The van der Waals surface area contributed by atoms with Crippen LogP contribution in [0.2, 0.25) is 0 Å². The molecule has 0 aliphatic heterocycles. The number of aliphatic hydroxyl groups is 3. The highest BCUT2D eigenvalue weighted by Crippen LogP contribution is 2.53. The van der Waals surface area contributed by atoms with Crippen LogP contribution < -0.4 is 15.8 Å². The molecule has 0 aromatic heterocycles. The average Bonchev–Trinajstić information content (AvgIpc) is 2.91. The van der Waals surface area contributed by atoms with Crippen molar-refractivity contribution in [2.24, 2.45) is 17.6 Å². The molecule has 0 saturated heterocycles. The van der Waals surface area contributed by atoms with Gasteiger partial charge < -0.3 is 36.2 Å². The number of aliphatic hydroxyl groups excluding tert-OH is 2. The fourth-order valence-corrected chi connectivity index (χ4v) is 6.38. The number of aromatic hydroxyl groups is 1. The number of hydrogen-bond donors (Lipinski definition) is 6. The number of likely N-dealkylation sites (N-methyl/N-ethyl adjacent to an activating group) is 1. The van der Waals surface area contributed by atoms with E-state index >= 15 is 0 Å². The molecule has 4 atom stereocenters. The maximum atomic E-state index is 13.9. The Bertz CT molecular complexity index is 1570. The monoisotopic (exact) mass is 563 g/mol. The Morgan fingerprint density at radius 3 is 2.32 bits per heavy atom. The van der Waals surface area contributed by atoms with E-state index in [0.717, 1.165) is 0 Å². The van der Waals surface area contributed by atoms with E-state index in [1.54, 1.807) is 44.4 Å². The molecule has 3 aliphatic carbocycles. The molecule has 0 spiro atoms. The number of Topliss-reactive ketones (excluding diaryl/α,β-unsaturated/α-hetero) is 2. The lowest BCUT2D eigenvalue weighted by atomic mass is 9.57. The van der Waals surface area contributed by atoms with Gasteiger partial charge in [-0.15, -0.1) is 0 Å². The number of rotatable bonds is 4. The summed E-state index contributed by atoms with van der Waals surface area (Å²) in [6.45, 7) is 0. The summed E-state index contributed by atoms with van der Waals surface area (Å²) < 4.78 is 5.13. The normalized spacial score (nSPS) is 25.4. The first-order valence-corrected chi connectivity index (χ1v) is 12.8. The van der Waals surface area contributed by atoms with Gasteiger partial charge in [0.2, 0.25) is 5.78 Å². The second-order valence-electron chi connectivity index (χ2n) is 10.6. The molecule has 0 heterocycles. The Morgan fingerprint density at radius 1 is 1.07 bits per heavy atom. The van der Waals surface area contributed by atoms with Gasteiger partial charge in [0.15, 0.2) is 11.4 Å². The lowest BCUT2D eigenvalue weighted by Gasteiger charge is -2.50. The minimum atomic E-state index is -2.70. The standard InChI is InChI=1S/C29H29N3O9/c1-31-28(39)41-14-6-4-12(5-7-14)15-8-9-18(33)20-16(15)10-13-11-17-22(32(2)3)24(35)21(27(30)38)26(37)29(17,40)25(36)19(13)23(20)34/h4-9,13,17,22,33-34,37,40H,10-11H2,1-3H3,(H2,30,38)(H,31,39)/t13-,17-,22?,29-/m0/s1. The van der Waals surface area contributed by atoms with Crippen LogP contribution in [0.5, 0.6) is 11.5 Å². The number of nitrogens with two attached hydrogens (primary N) is 1. The number of carbonyl (C=O) groups is 4. The number of benzene rings is 2. The largest absolute Gasteiger partial charge is 0.508 e. The Labute approximate surface area is 234 Å². The fraction of sp³-hybridized carbons (Fsp3) is 0.310. The van der Waals surface area contributed by atoms with E-state index in [4.69, 9.17) is 10.5 Å². The van der Waals surface area contributed by atoms with Gasteiger partial charge in [0, 0.05) is 18.5 Å². The molecular formula is C29H29N3O9. The molecule has 3 aliphatic rings. The number of amides is 2. The van der Waals surface area contributed by atoms with E-state index in [-0.39, 0.29) is 29.7 Å². The Hall–Kier alpha value is -4.68. The van der Waals surface area contributed by atoms with Gasteiger partial charge in [0.25, 0.3) is 5.91 Å². The molecule has 41 heavy (non-hydrogen) atoms. The zero-order chi connectivity index (χ0) is 30.0. The molecule has 1 unspecified atom stereocenters. The number of nitrogens with one attached hydrogen (secondary N) is 1. The van der Waals surface area contributed by atoms with Gasteiger partial charge in [-0.1, -0.05) is 18.2 Å². The van der Waals surface area contributed by atoms with Gasteiger partial charge in [-0.2, -0.15) is 0 Å². The van der Waals surface area contributed by atoms with Gasteiger partial charge in [0.05, 0.1) is 11.6 Å². The Kier molecular flexibility index (Phi) is 6.63. The molecule has 0 bridgehead atoms. The van der Waals surface area contributed by atoms with Crippen molar-refractivity contribution in [1.29, 1.82) is 0 Å². The average molecular weight is 564 g/mol. The van der Waals surface area contributed by atoms with Crippen molar-refractivity contribution in [3.8, 4) is 22.6 Å². The highest BCUT2D eigenvalue weighted by Gasteiger charge is 2.64. The van der Waals surface area contributed by atoms with E-state index in [9.17, 15) is 39.6 Å². The van der Waals surface area contributed by atoms with Crippen LogP contribution in [0.4, 0.5) is 4.79 Å². The third-order valence-corrected chi connectivity index (χ3v) is 8.18. The van der Waals surface area contributed by atoms with Crippen LogP contribution in [0.25, 0.3) is 16.9 Å². The van der Waals surface area contributed by atoms with E-state index < -0.39 is 64.1 Å². The fourth-order valence-electron chi connectivity index (χ4n) is 6.38. The zero-order valence-corrected chi connectivity index (χ0v) is 22.5. The van der Waals surface area contributed by atoms with Crippen molar-refractivity contribution >= 4 is 29.3 Å². The van der Waals surface area contributed by atoms with Crippen molar-refractivity contribution in [2.75, 3.05) is 21.1 Å². The predicted molar refractivity (Wildman–Crippen MR) is 145 cm³/mol. The van der Waals surface area contributed by atoms with Crippen molar-refractivity contribution in [3.05, 3.63) is 64.4 Å². The van der Waals surface area contributed by atoms with Crippen molar-refractivity contribution in [1.82, 2.24) is 10.2 Å². The summed E-state index contributed by atoms with van der Waals surface area (Å²) in [7, 11) is 4.52. The molecule has 12 nitrogen and oxygen atoms in total. The number of nitrogens with zero attached hydrogens (tertiary/aromatic N) is 1. The van der Waals surface area contributed by atoms with Gasteiger partial charge in [-0.3, -0.25) is 19.3 Å². The molecule has 1 fully saturated rings. The summed E-state index contributed by atoms with van der Waals surface area (Å²) in [5.41, 5.74) is 3.39. The SMILES string of the molecule is CNC(=O)Oc1ccc(-c2ccc(O)c3c2C[C@H]2C[C@H]4C(N(C)C)C(=O)C(C(N)=O)=C(O)[C@@]4(O)C(=O)C2=C3O)cc1. The van der Waals surface area contributed by atoms with E-state index in [1.165, 1.54) is 18.0 Å². The number of fused-ring (bicyclic) bond motifs is 3. The van der Waals surface area contributed by atoms with Crippen molar-refractivity contribution in [2.45, 2.75) is 24.5 Å². The van der Waals surface area contributed by atoms with E-state index in [1.807, 2.05) is 0 Å². The molecule has 214 valence electrons. The molecule has 5 rings (SSSR count). The van der Waals surface area contributed by atoms with Crippen LogP contribution in [0, 0.1) is 11.8 Å². The van der Waals surface area contributed by atoms with Crippen LogP contribution in [0.3, 0.4) is 0 Å². The number of primary amides is 1. The first kappa shape index (κ1) is 27.9. The first-order valence-electron chi connectivity index (χ1n) is 12.8. The van der Waals surface area contributed by atoms with Gasteiger partial charge >= 0.3 is 6.09 Å². The van der Waals surface area contributed by atoms with Gasteiger partial charge in [-0.25, -0.2) is 4.79 Å². The minimum absolute atomic E-state index is 0.00974. The minimum Gasteiger partial charge on any atom is -0.508 e. The summed E-state index contributed by atoms with van der Waals surface area (Å²) in [6, 6.07) is 8.41. The number of carbonyl (C=O) groups excluding carboxylic acids is 4. The summed E-state index contributed by atoms with van der Waals surface area (Å²) in [6.07, 6.45) is -0.500. The van der Waals surface area contributed by atoms with Crippen LogP contribution in [-0.4, -0.2) is 81.7 Å². The highest BCUT2D eigenvalue weighted by molar-refractivity contribution is 6.24. The zero-order valence-electron chi connectivity index (χ0n) is 22.5. The van der Waals surface area contributed by atoms with Crippen LogP contribution in [0.15, 0.2) is 53.3 Å². The second kappa shape index (κ2) is 9.75. The number of ether oxygens (including phenoxy) is 1. The smallest absolute Gasteiger partial charge is 0.412 e. The van der Waals surface area contributed by atoms with Crippen LogP contribution in [-0.2, 0) is 20.8 Å². The maximum absolute atomic E-state index is 13.9. The van der Waals surface area contributed by atoms with Gasteiger partial charge in [-0.05, 0) is 67.7 Å². The van der Waals surface area contributed by atoms with E-state index in [0.29, 0.717) is 22.4 Å². The molecule has 1 saturated carbocycles. The first-order chi connectivity index (χ1) is 19.3. The molecular weight excluding hydrogens is 534 g/mol. The summed E-state index contributed by atoms with van der Waals surface area (Å²) >= 11 is 0. The number of hydrogen-bond acceptors (Lipinski definition) is 10. The number of ketones is 2. The topological polar surface area (TPSA) is 200 Å². The summed E-state index contributed by atoms with van der Waals surface area (Å²) in [5, 5.41) is 47.1. The lowest BCUT2D eigenvalue weighted by molar-refractivity contribution is -0.153. The third-order valence-electron chi connectivity index (χ3n) is 8.18. The predicted octanol–water partition coefficient (Wildman–Crippen LogP) is 1.35. The lowest BCUT2D eigenvalue weighted by Crippen LogP contribution is -2.65. The molecule has 2 amide bonds. The molecule has 0 radical (unpaired) electrons.